The number of amides is 1. The lowest BCUT2D eigenvalue weighted by Crippen LogP contribution is -2.40. The van der Waals surface area contributed by atoms with Crippen LogP contribution >= 0.6 is 11.3 Å². The molecule has 5 nitrogen and oxygen atoms in total. The maximum atomic E-state index is 12.5. The largest absolute Gasteiger partial charge is 0.459 e. The second-order valence-corrected chi connectivity index (χ2v) is 6.93. The van der Waals surface area contributed by atoms with Gasteiger partial charge in [-0.05, 0) is 51.7 Å². The zero-order valence-corrected chi connectivity index (χ0v) is 13.7. The number of aryl methyl sites for hydroxylation is 2. The Bertz CT molecular complexity index is 669. The lowest BCUT2D eigenvalue weighted by atomic mass is 9.92. The van der Waals surface area contributed by atoms with E-state index >= 15 is 0 Å². The van der Waals surface area contributed by atoms with Crippen LogP contribution in [-0.2, 0) is 0 Å². The minimum atomic E-state index is -0.0370. The lowest BCUT2D eigenvalue weighted by molar-refractivity contribution is 0.0929. The maximum Gasteiger partial charge on any atom is 0.263 e. The van der Waals surface area contributed by atoms with Crippen molar-refractivity contribution in [2.75, 3.05) is 0 Å². The Kier molecular flexibility index (Phi) is 4.31. The van der Waals surface area contributed by atoms with Crippen LogP contribution < -0.4 is 11.1 Å². The molecule has 0 radical (unpaired) electrons. The fraction of sp³-hybridized carbons (Fsp3) is 0.500. The highest BCUT2D eigenvalue weighted by Crippen LogP contribution is 2.29. The molecule has 0 unspecified atom stereocenters. The van der Waals surface area contributed by atoms with E-state index in [1.165, 1.54) is 11.3 Å². The third-order valence-electron chi connectivity index (χ3n) is 4.06. The zero-order valence-electron chi connectivity index (χ0n) is 12.9. The Morgan fingerprint density at radius 3 is 2.68 bits per heavy atom. The molecule has 2 aromatic rings. The van der Waals surface area contributed by atoms with Crippen molar-refractivity contribution in [3.63, 3.8) is 0 Å². The maximum absolute atomic E-state index is 12.5. The molecule has 0 bridgehead atoms. The average Bonchev–Trinajstić information content (AvgIpc) is 3.07. The number of aromatic nitrogens is 1. The molecule has 1 amide bonds. The summed E-state index contributed by atoms with van der Waals surface area (Å²) in [4.78, 5) is 17.6. The molecule has 1 aliphatic carbocycles. The number of hydrogen-bond acceptors (Lipinski definition) is 5. The summed E-state index contributed by atoms with van der Waals surface area (Å²) in [5.74, 6) is 1.52. The van der Waals surface area contributed by atoms with Gasteiger partial charge in [0.25, 0.3) is 5.91 Å². The molecule has 3 rings (SSSR count). The topological polar surface area (TPSA) is 81.2 Å². The van der Waals surface area contributed by atoms with E-state index in [9.17, 15) is 4.79 Å². The first-order valence-electron chi connectivity index (χ1n) is 7.63. The van der Waals surface area contributed by atoms with E-state index in [1.807, 2.05) is 26.0 Å². The summed E-state index contributed by atoms with van der Waals surface area (Å²) >= 11 is 1.38. The minimum Gasteiger partial charge on any atom is -0.459 e. The molecule has 0 aromatic carbocycles. The van der Waals surface area contributed by atoms with E-state index in [2.05, 4.69) is 10.3 Å². The molecular weight excluding hydrogens is 298 g/mol. The van der Waals surface area contributed by atoms with Gasteiger partial charge >= 0.3 is 0 Å². The van der Waals surface area contributed by atoms with E-state index in [1.54, 1.807) is 0 Å². The van der Waals surface area contributed by atoms with Gasteiger partial charge in [-0.15, -0.1) is 11.3 Å². The summed E-state index contributed by atoms with van der Waals surface area (Å²) in [6.07, 6.45) is 3.86. The van der Waals surface area contributed by atoms with Crippen molar-refractivity contribution in [2.24, 2.45) is 5.73 Å². The molecule has 3 N–H and O–H groups in total. The van der Waals surface area contributed by atoms with Crippen LogP contribution in [0.4, 0.5) is 0 Å². The molecule has 1 fully saturated rings. The van der Waals surface area contributed by atoms with E-state index in [0.29, 0.717) is 10.6 Å². The van der Waals surface area contributed by atoms with E-state index in [4.69, 9.17) is 10.2 Å². The number of rotatable bonds is 3. The van der Waals surface area contributed by atoms with Crippen LogP contribution in [0.25, 0.3) is 10.8 Å². The molecule has 2 heterocycles. The van der Waals surface area contributed by atoms with Crippen LogP contribution in [0.5, 0.6) is 0 Å². The van der Waals surface area contributed by atoms with Crippen molar-refractivity contribution in [1.82, 2.24) is 10.3 Å². The fourth-order valence-electron chi connectivity index (χ4n) is 2.78. The molecule has 6 heteroatoms. The van der Waals surface area contributed by atoms with Crippen molar-refractivity contribution in [3.05, 3.63) is 28.5 Å². The smallest absolute Gasteiger partial charge is 0.263 e. The fourth-order valence-corrected chi connectivity index (χ4v) is 3.71. The van der Waals surface area contributed by atoms with E-state index < -0.39 is 0 Å². The van der Waals surface area contributed by atoms with Crippen LogP contribution in [0.1, 0.15) is 46.8 Å². The van der Waals surface area contributed by atoms with Gasteiger partial charge in [0.05, 0.1) is 5.69 Å². The summed E-state index contributed by atoms with van der Waals surface area (Å²) in [6, 6.07) is 4.30. The van der Waals surface area contributed by atoms with Gasteiger partial charge in [0.1, 0.15) is 10.6 Å². The van der Waals surface area contributed by atoms with Gasteiger partial charge in [-0.2, -0.15) is 0 Å². The van der Waals surface area contributed by atoms with Crippen LogP contribution in [0.2, 0.25) is 0 Å². The zero-order chi connectivity index (χ0) is 15.7. The number of carbonyl (C=O) groups excluding carboxylic acids is 1. The molecule has 2 aromatic heterocycles. The van der Waals surface area contributed by atoms with Gasteiger partial charge in [0.15, 0.2) is 10.8 Å². The number of nitrogens with zero attached hydrogens (tertiary/aromatic N) is 1. The van der Waals surface area contributed by atoms with Crippen molar-refractivity contribution >= 4 is 17.2 Å². The first kappa shape index (κ1) is 15.2. The number of furan rings is 1. The first-order valence-corrected chi connectivity index (χ1v) is 8.45. The van der Waals surface area contributed by atoms with Gasteiger partial charge in [0, 0.05) is 12.1 Å². The predicted octanol–water partition coefficient (Wildman–Crippen LogP) is 3.02. The van der Waals surface area contributed by atoms with Crippen molar-refractivity contribution in [1.29, 1.82) is 0 Å². The number of thiazole rings is 1. The third kappa shape index (κ3) is 3.23. The first-order chi connectivity index (χ1) is 10.5. The summed E-state index contributed by atoms with van der Waals surface area (Å²) in [7, 11) is 0. The van der Waals surface area contributed by atoms with Crippen molar-refractivity contribution in [3.8, 4) is 10.8 Å². The highest BCUT2D eigenvalue weighted by molar-refractivity contribution is 7.17. The molecule has 1 saturated carbocycles. The number of carbonyl (C=O) groups is 1. The molecule has 0 aliphatic heterocycles. The lowest BCUT2D eigenvalue weighted by Gasteiger charge is -2.26. The van der Waals surface area contributed by atoms with Gasteiger partial charge < -0.3 is 15.5 Å². The van der Waals surface area contributed by atoms with E-state index in [0.717, 1.165) is 42.1 Å². The van der Waals surface area contributed by atoms with Crippen LogP contribution in [0.3, 0.4) is 0 Å². The van der Waals surface area contributed by atoms with Gasteiger partial charge in [0.2, 0.25) is 0 Å². The number of nitrogens with one attached hydrogen (secondary N) is 1. The summed E-state index contributed by atoms with van der Waals surface area (Å²) in [5, 5.41) is 3.86. The predicted molar refractivity (Wildman–Crippen MR) is 87.0 cm³/mol. The molecule has 0 spiro atoms. The van der Waals surface area contributed by atoms with Crippen molar-refractivity contribution < 1.29 is 9.21 Å². The van der Waals surface area contributed by atoms with Gasteiger partial charge in [-0.1, -0.05) is 0 Å². The van der Waals surface area contributed by atoms with Gasteiger partial charge in [-0.25, -0.2) is 4.98 Å². The van der Waals surface area contributed by atoms with Crippen LogP contribution in [-0.4, -0.2) is 23.0 Å². The average molecular weight is 319 g/mol. The molecule has 0 saturated heterocycles. The second-order valence-electron chi connectivity index (χ2n) is 5.93. The number of nitrogens with two attached hydrogens (primary N) is 1. The van der Waals surface area contributed by atoms with Crippen LogP contribution in [0.15, 0.2) is 16.5 Å². The highest BCUT2D eigenvalue weighted by atomic mass is 32.1. The van der Waals surface area contributed by atoms with Crippen molar-refractivity contribution in [2.45, 2.75) is 51.6 Å². The molecular formula is C16H21N3O2S. The quantitative estimate of drug-likeness (QED) is 0.911. The minimum absolute atomic E-state index is 0.0370. The normalized spacial score (nSPS) is 21.8. The standard InChI is InChI=1S/C16H21N3O2S/c1-9-3-8-13(21-9)16-18-10(2)14(22-16)15(20)19-12-6-4-11(17)5-7-12/h3,8,11-12H,4-7,17H2,1-2H3,(H,19,20). The Morgan fingerprint density at radius 1 is 1.32 bits per heavy atom. The third-order valence-corrected chi connectivity index (χ3v) is 5.23. The molecule has 118 valence electrons. The SMILES string of the molecule is Cc1ccc(-c2nc(C)c(C(=O)NC3CCC(N)CC3)s2)o1. The summed E-state index contributed by atoms with van der Waals surface area (Å²) < 4.78 is 5.58. The van der Waals surface area contributed by atoms with E-state index in [-0.39, 0.29) is 18.0 Å². The Hall–Kier alpha value is -1.66. The molecule has 0 atom stereocenters. The van der Waals surface area contributed by atoms with Crippen LogP contribution in [0, 0.1) is 13.8 Å². The Balaban J connectivity index is 1.71. The van der Waals surface area contributed by atoms with Gasteiger partial charge in [-0.3, -0.25) is 4.79 Å². The Labute approximate surface area is 133 Å². The highest BCUT2D eigenvalue weighted by Gasteiger charge is 2.23. The summed E-state index contributed by atoms with van der Waals surface area (Å²) in [5.41, 5.74) is 6.65. The second kappa shape index (κ2) is 6.22. The molecule has 1 aliphatic rings. The monoisotopic (exact) mass is 319 g/mol. The Morgan fingerprint density at radius 2 is 2.05 bits per heavy atom. The summed E-state index contributed by atoms with van der Waals surface area (Å²) in [6.45, 7) is 3.76. The molecule has 22 heavy (non-hydrogen) atoms. The number of hydrogen-bond donors (Lipinski definition) is 2.